The van der Waals surface area contributed by atoms with E-state index in [1.54, 1.807) is 31.2 Å². The summed E-state index contributed by atoms with van der Waals surface area (Å²) in [6.45, 7) is 1.73. The van der Waals surface area contributed by atoms with Crippen LogP contribution in [0.3, 0.4) is 0 Å². The van der Waals surface area contributed by atoms with Gasteiger partial charge in [0.15, 0.2) is 0 Å². The number of rotatable bonds is 5. The van der Waals surface area contributed by atoms with E-state index in [0.717, 1.165) is 0 Å². The zero-order valence-electron chi connectivity index (χ0n) is 13.9. The Hall–Kier alpha value is -1.60. The number of halogens is 2. The average molecular weight is 402 g/mol. The highest BCUT2D eigenvalue weighted by Gasteiger charge is 2.25. The topological polar surface area (TPSA) is 63.7 Å². The third-order valence-electron chi connectivity index (χ3n) is 3.71. The zero-order valence-corrected chi connectivity index (χ0v) is 16.2. The van der Waals surface area contributed by atoms with Gasteiger partial charge in [0.05, 0.1) is 17.6 Å². The smallest absolute Gasteiger partial charge is 0.337 e. The van der Waals surface area contributed by atoms with Crippen LogP contribution in [0, 0.1) is 6.92 Å². The Kier molecular flexibility index (Phi) is 6.11. The molecule has 2 aromatic carbocycles. The summed E-state index contributed by atoms with van der Waals surface area (Å²) in [7, 11) is -1.14. The average Bonchev–Trinajstić information content (AvgIpc) is 2.56. The lowest BCUT2D eigenvalue weighted by Gasteiger charge is -2.19. The van der Waals surface area contributed by atoms with Gasteiger partial charge < -0.3 is 4.74 Å². The molecule has 0 spiro atoms. The predicted molar refractivity (Wildman–Crippen MR) is 97.6 cm³/mol. The van der Waals surface area contributed by atoms with Crippen LogP contribution in [0.15, 0.2) is 41.3 Å². The monoisotopic (exact) mass is 401 g/mol. The van der Waals surface area contributed by atoms with Gasteiger partial charge in [-0.1, -0.05) is 35.3 Å². The number of methoxy groups -OCH3 is 1. The minimum atomic E-state index is -3.83. The first-order chi connectivity index (χ1) is 11.7. The molecular weight excluding hydrogens is 385 g/mol. The molecule has 0 N–H and O–H groups in total. The van der Waals surface area contributed by atoms with E-state index in [1.807, 2.05) is 0 Å². The standard InChI is InChI=1S/C17H17Cl2NO4S/c1-11-4-5-12(17(21)24-3)8-16(11)25(22,23)20(2)10-13-6-7-14(18)9-15(13)19/h4-9H,10H2,1-3H3. The highest BCUT2D eigenvalue weighted by atomic mass is 35.5. The second kappa shape index (κ2) is 7.74. The Morgan fingerprint density at radius 3 is 2.44 bits per heavy atom. The van der Waals surface area contributed by atoms with Crippen LogP contribution < -0.4 is 0 Å². The zero-order chi connectivity index (χ0) is 18.8. The SMILES string of the molecule is COC(=O)c1ccc(C)c(S(=O)(=O)N(C)Cc2ccc(Cl)cc2Cl)c1. The number of esters is 1. The van der Waals surface area contributed by atoms with Crippen molar-refractivity contribution in [2.24, 2.45) is 0 Å². The third kappa shape index (κ3) is 4.33. The molecule has 0 aromatic heterocycles. The van der Waals surface area contributed by atoms with Crippen molar-refractivity contribution in [1.82, 2.24) is 4.31 Å². The normalized spacial score (nSPS) is 11.6. The lowest BCUT2D eigenvalue weighted by atomic mass is 10.1. The van der Waals surface area contributed by atoms with Crippen LogP contribution in [0.25, 0.3) is 0 Å². The fourth-order valence-corrected chi connectivity index (χ4v) is 4.13. The van der Waals surface area contributed by atoms with Crippen molar-refractivity contribution < 1.29 is 17.9 Å². The van der Waals surface area contributed by atoms with Crippen molar-refractivity contribution in [1.29, 1.82) is 0 Å². The minimum absolute atomic E-state index is 0.0444. The lowest BCUT2D eigenvalue weighted by molar-refractivity contribution is 0.0600. The Balaban J connectivity index is 2.38. The van der Waals surface area contributed by atoms with Gasteiger partial charge in [0.2, 0.25) is 10.0 Å². The van der Waals surface area contributed by atoms with Gasteiger partial charge in [-0.05, 0) is 42.3 Å². The number of carbonyl (C=O) groups is 1. The fraction of sp³-hybridized carbons (Fsp3) is 0.235. The minimum Gasteiger partial charge on any atom is -0.465 e. The first-order valence-electron chi connectivity index (χ1n) is 7.26. The molecule has 0 bridgehead atoms. The van der Waals surface area contributed by atoms with Crippen LogP contribution in [0.2, 0.25) is 10.0 Å². The number of carbonyl (C=O) groups excluding carboxylic acids is 1. The van der Waals surface area contributed by atoms with Gasteiger partial charge in [-0.2, -0.15) is 4.31 Å². The van der Waals surface area contributed by atoms with Crippen molar-refractivity contribution in [3.05, 3.63) is 63.1 Å². The van der Waals surface area contributed by atoms with Crippen LogP contribution in [0.4, 0.5) is 0 Å². The van der Waals surface area contributed by atoms with E-state index in [9.17, 15) is 13.2 Å². The van der Waals surface area contributed by atoms with Gasteiger partial charge in [-0.3, -0.25) is 0 Å². The molecule has 0 saturated heterocycles. The highest BCUT2D eigenvalue weighted by Crippen LogP contribution is 2.26. The van der Waals surface area contributed by atoms with Crippen LogP contribution in [-0.4, -0.2) is 32.8 Å². The second-order valence-corrected chi connectivity index (χ2v) is 8.33. The maximum Gasteiger partial charge on any atom is 0.337 e. The van der Waals surface area contributed by atoms with Gasteiger partial charge in [-0.15, -0.1) is 0 Å². The number of sulfonamides is 1. The van der Waals surface area contributed by atoms with Crippen LogP contribution >= 0.6 is 23.2 Å². The van der Waals surface area contributed by atoms with Crippen molar-refractivity contribution in [3.8, 4) is 0 Å². The molecule has 0 heterocycles. The summed E-state index contributed by atoms with van der Waals surface area (Å²) >= 11 is 12.0. The summed E-state index contributed by atoms with van der Waals surface area (Å²) < 4.78 is 31.6. The van der Waals surface area contributed by atoms with Gasteiger partial charge in [-0.25, -0.2) is 13.2 Å². The molecule has 0 fully saturated rings. The summed E-state index contributed by atoms with van der Waals surface area (Å²) in [5, 5.41) is 0.857. The van der Waals surface area contributed by atoms with Gasteiger partial charge in [0.1, 0.15) is 0 Å². The summed E-state index contributed by atoms with van der Waals surface area (Å²) in [6.07, 6.45) is 0. The highest BCUT2D eigenvalue weighted by molar-refractivity contribution is 7.89. The number of benzene rings is 2. The summed E-state index contributed by atoms with van der Waals surface area (Å²) in [6, 6.07) is 9.29. The van der Waals surface area contributed by atoms with E-state index < -0.39 is 16.0 Å². The predicted octanol–water partition coefficient (Wildman–Crippen LogP) is 3.91. The maximum absolute atomic E-state index is 12.9. The van der Waals surface area contributed by atoms with E-state index >= 15 is 0 Å². The van der Waals surface area contributed by atoms with E-state index in [4.69, 9.17) is 23.2 Å². The lowest BCUT2D eigenvalue weighted by Crippen LogP contribution is -2.27. The molecule has 134 valence electrons. The largest absolute Gasteiger partial charge is 0.465 e. The molecule has 0 aliphatic heterocycles. The second-order valence-electron chi connectivity index (χ2n) is 5.47. The molecule has 0 aliphatic carbocycles. The van der Waals surface area contributed by atoms with Gasteiger partial charge >= 0.3 is 5.97 Å². The first-order valence-corrected chi connectivity index (χ1v) is 9.45. The van der Waals surface area contributed by atoms with Crippen LogP contribution in [0.1, 0.15) is 21.5 Å². The van der Waals surface area contributed by atoms with E-state index in [2.05, 4.69) is 4.74 Å². The molecular formula is C17H17Cl2NO4S. The van der Waals surface area contributed by atoms with Crippen LogP contribution in [0.5, 0.6) is 0 Å². The van der Waals surface area contributed by atoms with Crippen molar-refractivity contribution in [2.45, 2.75) is 18.4 Å². The number of ether oxygens (including phenoxy) is 1. The molecule has 25 heavy (non-hydrogen) atoms. The molecule has 2 rings (SSSR count). The van der Waals surface area contributed by atoms with Gasteiger partial charge in [0.25, 0.3) is 0 Å². The maximum atomic E-state index is 12.9. The Labute approximate surface area is 157 Å². The summed E-state index contributed by atoms with van der Waals surface area (Å²) in [4.78, 5) is 11.7. The number of nitrogens with zero attached hydrogens (tertiary/aromatic N) is 1. The van der Waals surface area contributed by atoms with Crippen molar-refractivity contribution >= 4 is 39.2 Å². The van der Waals surface area contributed by atoms with Crippen molar-refractivity contribution in [3.63, 3.8) is 0 Å². The van der Waals surface area contributed by atoms with E-state index in [1.165, 1.54) is 30.6 Å². The van der Waals surface area contributed by atoms with E-state index in [-0.39, 0.29) is 17.0 Å². The summed E-state index contributed by atoms with van der Waals surface area (Å²) in [5.74, 6) is -0.597. The number of aryl methyl sites for hydroxylation is 1. The third-order valence-corrected chi connectivity index (χ3v) is 6.24. The Morgan fingerprint density at radius 1 is 1.16 bits per heavy atom. The van der Waals surface area contributed by atoms with Gasteiger partial charge in [0, 0.05) is 23.6 Å². The molecule has 5 nitrogen and oxygen atoms in total. The number of hydrogen-bond donors (Lipinski definition) is 0. The Bertz CT molecular complexity index is 913. The fourth-order valence-electron chi connectivity index (χ4n) is 2.27. The molecule has 0 aliphatic rings. The molecule has 0 saturated carbocycles. The molecule has 0 radical (unpaired) electrons. The first kappa shape index (κ1) is 19.7. The van der Waals surface area contributed by atoms with E-state index in [0.29, 0.717) is 21.2 Å². The summed E-state index contributed by atoms with van der Waals surface area (Å²) in [5.41, 5.74) is 1.32. The molecule has 0 amide bonds. The molecule has 2 aromatic rings. The number of hydrogen-bond acceptors (Lipinski definition) is 4. The molecule has 8 heteroatoms. The van der Waals surface area contributed by atoms with Crippen molar-refractivity contribution in [2.75, 3.05) is 14.2 Å². The molecule has 0 atom stereocenters. The van der Waals surface area contributed by atoms with Crippen LogP contribution in [-0.2, 0) is 21.3 Å². The quantitative estimate of drug-likeness (QED) is 0.712. The Morgan fingerprint density at radius 2 is 1.84 bits per heavy atom. The molecule has 0 unspecified atom stereocenters.